The number of benzene rings is 2. The predicted octanol–water partition coefficient (Wildman–Crippen LogP) is 4.66. The Morgan fingerprint density at radius 2 is 1.52 bits per heavy atom. The number of rotatable bonds is 7. The van der Waals surface area contributed by atoms with Gasteiger partial charge in [0.1, 0.15) is 4.21 Å². The van der Waals surface area contributed by atoms with Gasteiger partial charge in [-0.25, -0.2) is 21.6 Å². The van der Waals surface area contributed by atoms with Crippen molar-refractivity contribution in [2.45, 2.75) is 16.0 Å². The highest BCUT2D eigenvalue weighted by atomic mass is 35.5. The summed E-state index contributed by atoms with van der Waals surface area (Å²) < 4.78 is 55.7. The third-order valence-electron chi connectivity index (χ3n) is 4.03. The smallest absolute Gasteiger partial charge is 0.335 e. The van der Waals surface area contributed by atoms with E-state index in [9.17, 15) is 21.6 Å². The Balaban J connectivity index is 2.06. The standard InChI is InChI=1S/C18H14Cl2N2O6S3/c1-10-4-5-11(18(23)24)7-16(10)30(25,26)21-14-8-12(19)13(20)9-15(14)22-31(27,28)17-3-2-6-29-17/h2-9,21-22H,1H3,(H,23,24). The van der Waals surface area contributed by atoms with E-state index in [1.807, 2.05) is 0 Å². The number of anilines is 2. The molecular weight excluding hydrogens is 507 g/mol. The zero-order chi connectivity index (χ0) is 23.0. The maximum Gasteiger partial charge on any atom is 0.335 e. The summed E-state index contributed by atoms with van der Waals surface area (Å²) in [6.45, 7) is 1.50. The van der Waals surface area contributed by atoms with Gasteiger partial charge in [0.25, 0.3) is 20.0 Å². The Bertz CT molecular complexity index is 1370. The molecule has 0 radical (unpaired) electrons. The van der Waals surface area contributed by atoms with Gasteiger partial charge in [0.05, 0.1) is 31.9 Å². The fraction of sp³-hybridized carbons (Fsp3) is 0.0556. The largest absolute Gasteiger partial charge is 0.478 e. The van der Waals surface area contributed by atoms with Crippen molar-refractivity contribution in [3.8, 4) is 0 Å². The van der Waals surface area contributed by atoms with Crippen molar-refractivity contribution in [3.05, 3.63) is 69.0 Å². The number of carboxylic acid groups (broad SMARTS) is 1. The Hall–Kier alpha value is -2.31. The van der Waals surface area contributed by atoms with E-state index in [1.54, 1.807) is 11.4 Å². The minimum Gasteiger partial charge on any atom is -0.478 e. The predicted molar refractivity (Wildman–Crippen MR) is 121 cm³/mol. The molecule has 0 amide bonds. The monoisotopic (exact) mass is 520 g/mol. The van der Waals surface area contributed by atoms with Crippen LogP contribution in [-0.2, 0) is 20.0 Å². The number of hydrogen-bond donors (Lipinski definition) is 3. The number of aryl methyl sites for hydroxylation is 1. The number of carbonyl (C=O) groups is 1. The van der Waals surface area contributed by atoms with Crippen LogP contribution in [0, 0.1) is 6.92 Å². The van der Waals surface area contributed by atoms with Gasteiger partial charge in [-0.05, 0) is 48.2 Å². The van der Waals surface area contributed by atoms with Crippen LogP contribution in [-0.4, -0.2) is 27.9 Å². The van der Waals surface area contributed by atoms with E-state index < -0.39 is 26.0 Å². The van der Waals surface area contributed by atoms with E-state index in [4.69, 9.17) is 28.3 Å². The summed E-state index contributed by atoms with van der Waals surface area (Å²) in [4.78, 5) is 10.9. The molecule has 164 valence electrons. The zero-order valence-corrected chi connectivity index (χ0v) is 19.5. The van der Waals surface area contributed by atoms with Gasteiger partial charge in [0, 0.05) is 0 Å². The summed E-state index contributed by atoms with van der Waals surface area (Å²) in [5.74, 6) is -1.30. The summed E-state index contributed by atoms with van der Waals surface area (Å²) in [5.41, 5.74) is -0.273. The minimum absolute atomic E-state index is 0.00227. The van der Waals surface area contributed by atoms with Crippen LogP contribution in [0.15, 0.2) is 56.9 Å². The molecule has 3 rings (SSSR count). The first-order valence-electron chi connectivity index (χ1n) is 8.33. The number of aromatic carboxylic acids is 1. The van der Waals surface area contributed by atoms with Crippen LogP contribution in [0.2, 0.25) is 10.0 Å². The van der Waals surface area contributed by atoms with Crippen LogP contribution < -0.4 is 9.44 Å². The normalized spacial score (nSPS) is 11.8. The van der Waals surface area contributed by atoms with Crippen molar-refractivity contribution >= 4 is 71.9 Å². The van der Waals surface area contributed by atoms with Gasteiger partial charge >= 0.3 is 5.97 Å². The lowest BCUT2D eigenvalue weighted by molar-refractivity contribution is 0.0696. The molecule has 0 aliphatic heterocycles. The van der Waals surface area contributed by atoms with E-state index in [1.165, 1.54) is 31.2 Å². The van der Waals surface area contributed by atoms with Crippen LogP contribution in [0.1, 0.15) is 15.9 Å². The minimum atomic E-state index is -4.31. The zero-order valence-electron chi connectivity index (χ0n) is 15.6. The molecule has 31 heavy (non-hydrogen) atoms. The maximum absolute atomic E-state index is 13.0. The highest BCUT2D eigenvalue weighted by molar-refractivity contribution is 7.94. The number of hydrogen-bond acceptors (Lipinski definition) is 6. The van der Waals surface area contributed by atoms with Crippen molar-refractivity contribution in [1.82, 2.24) is 0 Å². The number of thiophene rings is 1. The number of nitrogens with one attached hydrogen (secondary N) is 2. The quantitative estimate of drug-likeness (QED) is 0.415. The van der Waals surface area contributed by atoms with Crippen LogP contribution in [0.25, 0.3) is 0 Å². The molecule has 0 unspecified atom stereocenters. The van der Waals surface area contributed by atoms with E-state index in [0.717, 1.165) is 23.5 Å². The Morgan fingerprint density at radius 1 is 0.935 bits per heavy atom. The number of halogens is 2. The maximum atomic E-state index is 13.0. The van der Waals surface area contributed by atoms with E-state index in [2.05, 4.69) is 9.44 Å². The summed E-state index contributed by atoms with van der Waals surface area (Å²) in [7, 11) is -8.32. The van der Waals surface area contributed by atoms with Crippen molar-refractivity contribution in [2.24, 2.45) is 0 Å². The second-order valence-corrected chi connectivity index (χ2v) is 11.6. The third kappa shape index (κ3) is 5.13. The van der Waals surface area contributed by atoms with Crippen molar-refractivity contribution in [1.29, 1.82) is 0 Å². The molecule has 1 heterocycles. The molecule has 13 heteroatoms. The van der Waals surface area contributed by atoms with Crippen molar-refractivity contribution < 1.29 is 26.7 Å². The second-order valence-electron chi connectivity index (χ2n) is 6.24. The first-order valence-corrected chi connectivity index (χ1v) is 12.9. The Kier molecular flexibility index (Phi) is 6.53. The van der Waals surface area contributed by atoms with Crippen molar-refractivity contribution in [2.75, 3.05) is 9.44 Å². The molecule has 3 N–H and O–H groups in total. The molecule has 0 bridgehead atoms. The molecule has 0 aliphatic carbocycles. The fourth-order valence-corrected chi connectivity index (χ4v) is 6.28. The van der Waals surface area contributed by atoms with Gasteiger partial charge < -0.3 is 5.11 Å². The van der Waals surface area contributed by atoms with Crippen LogP contribution in [0.3, 0.4) is 0 Å². The number of carboxylic acids is 1. The third-order valence-corrected chi connectivity index (χ3v) is 9.03. The molecule has 0 aliphatic rings. The van der Waals surface area contributed by atoms with Crippen molar-refractivity contribution in [3.63, 3.8) is 0 Å². The van der Waals surface area contributed by atoms with E-state index >= 15 is 0 Å². The van der Waals surface area contributed by atoms with Gasteiger partial charge in [-0.3, -0.25) is 9.44 Å². The highest BCUT2D eigenvalue weighted by Gasteiger charge is 2.24. The molecular formula is C18H14Cl2N2O6S3. The summed E-state index contributed by atoms with van der Waals surface area (Å²) >= 11 is 13.0. The molecule has 3 aromatic rings. The average Bonchev–Trinajstić information content (AvgIpc) is 3.21. The van der Waals surface area contributed by atoms with Gasteiger partial charge in [-0.2, -0.15) is 0 Å². The van der Waals surface area contributed by atoms with Crippen LogP contribution >= 0.6 is 34.5 Å². The summed E-state index contributed by atoms with van der Waals surface area (Å²) in [6.07, 6.45) is 0. The molecule has 0 spiro atoms. The van der Waals surface area contributed by atoms with Gasteiger partial charge in [0.15, 0.2) is 0 Å². The fourth-order valence-electron chi connectivity index (χ4n) is 2.55. The molecule has 0 saturated heterocycles. The van der Waals surface area contributed by atoms with Gasteiger partial charge in [-0.1, -0.05) is 35.3 Å². The average molecular weight is 521 g/mol. The Morgan fingerprint density at radius 3 is 2.03 bits per heavy atom. The molecule has 0 fully saturated rings. The molecule has 8 nitrogen and oxygen atoms in total. The summed E-state index contributed by atoms with van der Waals surface area (Å²) in [6, 6.07) is 8.90. The highest BCUT2D eigenvalue weighted by Crippen LogP contribution is 2.36. The Labute approximate surface area is 192 Å². The second kappa shape index (κ2) is 8.67. The van der Waals surface area contributed by atoms with Crippen LogP contribution in [0.5, 0.6) is 0 Å². The van der Waals surface area contributed by atoms with E-state index in [0.29, 0.717) is 5.56 Å². The molecule has 0 atom stereocenters. The SMILES string of the molecule is Cc1ccc(C(=O)O)cc1S(=O)(=O)Nc1cc(Cl)c(Cl)cc1NS(=O)(=O)c1cccs1. The van der Waals surface area contributed by atoms with Gasteiger partial charge in [0.2, 0.25) is 0 Å². The molecule has 2 aromatic carbocycles. The molecule has 0 saturated carbocycles. The van der Waals surface area contributed by atoms with Crippen LogP contribution in [0.4, 0.5) is 11.4 Å². The topological polar surface area (TPSA) is 130 Å². The van der Waals surface area contributed by atoms with E-state index in [-0.39, 0.29) is 36.1 Å². The summed E-state index contributed by atoms with van der Waals surface area (Å²) in [5, 5.41) is 10.7. The molecule has 1 aromatic heterocycles. The van der Waals surface area contributed by atoms with Gasteiger partial charge in [-0.15, -0.1) is 11.3 Å². The number of sulfonamides is 2. The lowest BCUT2D eigenvalue weighted by Crippen LogP contribution is -2.18. The lowest BCUT2D eigenvalue weighted by atomic mass is 10.1. The first-order chi connectivity index (χ1) is 14.4. The first kappa shape index (κ1) is 23.4. The lowest BCUT2D eigenvalue weighted by Gasteiger charge is -2.16.